The van der Waals surface area contributed by atoms with Crippen molar-refractivity contribution in [3.63, 3.8) is 0 Å². The van der Waals surface area contributed by atoms with Crippen LogP contribution < -0.4 is 0 Å². The molecule has 1 aromatic heterocycles. The minimum atomic E-state index is 0.631. The fourth-order valence-corrected chi connectivity index (χ4v) is 2.51. The molecule has 0 aliphatic heterocycles. The van der Waals surface area contributed by atoms with Gasteiger partial charge in [0, 0.05) is 9.58 Å². The van der Waals surface area contributed by atoms with E-state index >= 15 is 0 Å². The van der Waals surface area contributed by atoms with Crippen LogP contribution >= 0.6 is 11.3 Å². The molecule has 0 nitrogen and oxygen atoms in total. The largest absolute Gasteiger partial charge is 0.141 e. The van der Waals surface area contributed by atoms with E-state index in [4.69, 9.17) is 0 Å². The Balaban J connectivity index is 0.000000531. The maximum atomic E-state index is 2.32. The van der Waals surface area contributed by atoms with Gasteiger partial charge in [-0.25, -0.2) is 0 Å². The van der Waals surface area contributed by atoms with E-state index in [-0.39, 0.29) is 0 Å². The topological polar surface area (TPSA) is 0 Å². The normalized spacial score (nSPS) is 10.3. The monoisotopic (exact) mass is 220 g/mol. The van der Waals surface area contributed by atoms with Crippen molar-refractivity contribution in [2.24, 2.45) is 0 Å². The lowest BCUT2D eigenvalue weighted by Gasteiger charge is -2.03. The lowest BCUT2D eigenvalue weighted by Crippen LogP contribution is -1.84. The number of hydrogen-bond donors (Lipinski definition) is 0. The van der Waals surface area contributed by atoms with Crippen LogP contribution in [-0.4, -0.2) is 0 Å². The van der Waals surface area contributed by atoms with Gasteiger partial charge in [-0.3, -0.25) is 0 Å². The summed E-state index contributed by atoms with van der Waals surface area (Å²) in [6, 6.07) is 9.04. The van der Waals surface area contributed by atoms with Crippen molar-refractivity contribution in [1.29, 1.82) is 0 Å². The molecular weight excluding hydrogens is 200 g/mol. The van der Waals surface area contributed by atoms with E-state index in [1.165, 1.54) is 20.5 Å². The van der Waals surface area contributed by atoms with Gasteiger partial charge in [-0.15, -0.1) is 11.3 Å². The molecule has 82 valence electrons. The maximum absolute atomic E-state index is 2.32. The van der Waals surface area contributed by atoms with Gasteiger partial charge in [0.2, 0.25) is 0 Å². The number of benzene rings is 1. The molecule has 0 saturated carbocycles. The summed E-state index contributed by atoms with van der Waals surface area (Å²) in [6.07, 6.45) is 0. The molecule has 0 unspecified atom stereocenters. The zero-order valence-electron chi connectivity index (χ0n) is 10.3. The van der Waals surface area contributed by atoms with E-state index in [1.54, 1.807) is 0 Å². The first-order valence-electron chi connectivity index (χ1n) is 5.67. The fraction of sp³-hybridized carbons (Fsp3) is 0.429. The van der Waals surface area contributed by atoms with Gasteiger partial charge in [0.25, 0.3) is 0 Å². The highest BCUT2D eigenvalue weighted by molar-refractivity contribution is 7.19. The molecule has 1 aromatic carbocycles. The van der Waals surface area contributed by atoms with Crippen LogP contribution in [0.3, 0.4) is 0 Å². The first-order valence-corrected chi connectivity index (χ1v) is 6.48. The predicted molar refractivity (Wildman–Crippen MR) is 72.0 cm³/mol. The molecule has 0 bridgehead atoms. The Morgan fingerprint density at radius 1 is 1.07 bits per heavy atom. The van der Waals surface area contributed by atoms with Crippen LogP contribution in [0.2, 0.25) is 0 Å². The molecule has 2 rings (SSSR count). The Morgan fingerprint density at radius 2 is 1.73 bits per heavy atom. The second-order valence-electron chi connectivity index (χ2n) is 3.81. The summed E-state index contributed by atoms with van der Waals surface area (Å²) < 4.78 is 1.42. The molecule has 1 heterocycles. The van der Waals surface area contributed by atoms with Crippen LogP contribution in [0.4, 0.5) is 0 Å². The minimum absolute atomic E-state index is 0.631. The smallest absolute Gasteiger partial charge is 0.0348 e. The van der Waals surface area contributed by atoms with Crippen molar-refractivity contribution in [3.8, 4) is 0 Å². The molecule has 15 heavy (non-hydrogen) atoms. The van der Waals surface area contributed by atoms with Gasteiger partial charge in [0.15, 0.2) is 0 Å². The molecule has 0 N–H and O–H groups in total. The van der Waals surface area contributed by atoms with E-state index in [9.17, 15) is 0 Å². The van der Waals surface area contributed by atoms with Crippen LogP contribution in [0.15, 0.2) is 24.3 Å². The molecule has 0 atom stereocenters. The van der Waals surface area contributed by atoms with Crippen LogP contribution in [0, 0.1) is 6.92 Å². The summed E-state index contributed by atoms with van der Waals surface area (Å²) in [7, 11) is 0. The lowest BCUT2D eigenvalue weighted by molar-refractivity contribution is 0.869. The molecule has 1 heteroatoms. The van der Waals surface area contributed by atoms with E-state index in [1.807, 2.05) is 25.2 Å². The Morgan fingerprint density at radius 3 is 2.33 bits per heavy atom. The van der Waals surface area contributed by atoms with Gasteiger partial charge < -0.3 is 0 Å². The lowest BCUT2D eigenvalue weighted by atomic mass is 10.0. The standard InChI is InChI=1S/C12H14S.C2H6/c1-8(2)10-4-5-11-6-9(3)13-12(11)7-10;1-2/h4-8H,1-3H3;1-2H3. The van der Waals surface area contributed by atoms with Gasteiger partial charge in [-0.2, -0.15) is 0 Å². The predicted octanol–water partition coefficient (Wildman–Crippen LogP) is 5.36. The number of thiophene rings is 1. The Hall–Kier alpha value is -0.820. The highest BCUT2D eigenvalue weighted by atomic mass is 32.1. The van der Waals surface area contributed by atoms with Gasteiger partial charge >= 0.3 is 0 Å². The van der Waals surface area contributed by atoms with Crippen molar-refractivity contribution < 1.29 is 0 Å². The summed E-state index contributed by atoms with van der Waals surface area (Å²) in [4.78, 5) is 1.40. The number of aryl methyl sites for hydroxylation is 1. The molecule has 0 fully saturated rings. The van der Waals surface area contributed by atoms with Crippen LogP contribution in [0.25, 0.3) is 10.1 Å². The van der Waals surface area contributed by atoms with Crippen LogP contribution in [0.1, 0.15) is 44.1 Å². The summed E-state index contributed by atoms with van der Waals surface area (Å²) in [5, 5.41) is 1.38. The average Bonchev–Trinajstić information content (AvgIpc) is 2.59. The van der Waals surface area contributed by atoms with E-state index in [0.717, 1.165) is 0 Å². The number of hydrogen-bond acceptors (Lipinski definition) is 1. The van der Waals surface area contributed by atoms with Gasteiger partial charge in [-0.05, 0) is 35.9 Å². The SMILES string of the molecule is CC.Cc1cc2ccc(C(C)C)cc2s1. The maximum Gasteiger partial charge on any atom is 0.0348 e. The summed E-state index contributed by atoms with van der Waals surface area (Å²) in [5.41, 5.74) is 1.44. The van der Waals surface area contributed by atoms with Crippen molar-refractivity contribution in [2.45, 2.75) is 40.5 Å². The van der Waals surface area contributed by atoms with Crippen molar-refractivity contribution >= 4 is 21.4 Å². The van der Waals surface area contributed by atoms with Crippen molar-refractivity contribution in [2.75, 3.05) is 0 Å². The first kappa shape index (κ1) is 12.3. The van der Waals surface area contributed by atoms with E-state index < -0.39 is 0 Å². The zero-order valence-corrected chi connectivity index (χ0v) is 11.1. The molecule has 0 spiro atoms. The Labute approximate surface area is 96.9 Å². The van der Waals surface area contributed by atoms with Gasteiger partial charge in [0.05, 0.1) is 0 Å². The third kappa shape index (κ3) is 2.82. The number of rotatable bonds is 1. The molecule has 0 aliphatic carbocycles. The van der Waals surface area contributed by atoms with Gasteiger partial charge in [0.1, 0.15) is 0 Å². The van der Waals surface area contributed by atoms with Gasteiger partial charge in [-0.1, -0.05) is 39.8 Å². The summed E-state index contributed by atoms with van der Waals surface area (Å²) >= 11 is 1.88. The van der Waals surface area contributed by atoms with Crippen molar-refractivity contribution in [3.05, 3.63) is 34.7 Å². The zero-order chi connectivity index (χ0) is 11.4. The quantitative estimate of drug-likeness (QED) is 0.607. The van der Waals surface area contributed by atoms with E-state index in [2.05, 4.69) is 45.0 Å². The third-order valence-corrected chi connectivity index (χ3v) is 3.35. The summed E-state index contributed by atoms with van der Waals surface area (Å²) in [5.74, 6) is 0.631. The Bertz CT molecular complexity index is 424. The second-order valence-corrected chi connectivity index (χ2v) is 5.10. The minimum Gasteiger partial charge on any atom is -0.141 e. The van der Waals surface area contributed by atoms with Crippen molar-refractivity contribution in [1.82, 2.24) is 0 Å². The third-order valence-electron chi connectivity index (χ3n) is 2.33. The summed E-state index contributed by atoms with van der Waals surface area (Å²) in [6.45, 7) is 10.6. The average molecular weight is 220 g/mol. The fourth-order valence-electron chi connectivity index (χ4n) is 1.54. The molecule has 0 aliphatic rings. The number of fused-ring (bicyclic) bond motifs is 1. The molecule has 2 aromatic rings. The molecule has 0 radical (unpaired) electrons. The van der Waals surface area contributed by atoms with Crippen LogP contribution in [-0.2, 0) is 0 Å². The molecule has 0 amide bonds. The Kier molecular flexibility index (Phi) is 4.34. The molecule has 0 saturated heterocycles. The highest BCUT2D eigenvalue weighted by Crippen LogP contribution is 2.28. The van der Waals surface area contributed by atoms with Crippen LogP contribution in [0.5, 0.6) is 0 Å². The second kappa shape index (κ2) is 5.32. The van der Waals surface area contributed by atoms with E-state index in [0.29, 0.717) is 5.92 Å². The highest BCUT2D eigenvalue weighted by Gasteiger charge is 2.02. The molecular formula is C14H20S. The first-order chi connectivity index (χ1) is 7.16.